The first-order chi connectivity index (χ1) is 14.3. The van der Waals surface area contributed by atoms with Crippen molar-refractivity contribution in [2.45, 2.75) is 27.7 Å². The van der Waals surface area contributed by atoms with Gasteiger partial charge in [0.25, 0.3) is 5.91 Å². The van der Waals surface area contributed by atoms with Crippen LogP contribution in [0.4, 0.5) is 5.69 Å². The fourth-order valence-electron chi connectivity index (χ4n) is 4.04. The van der Waals surface area contributed by atoms with Crippen LogP contribution in [-0.4, -0.2) is 10.9 Å². The number of carbonyl (C=O) groups is 1. The van der Waals surface area contributed by atoms with Crippen molar-refractivity contribution in [3.63, 3.8) is 0 Å². The highest BCUT2D eigenvalue weighted by atomic mass is 35.5. The Kier molecular flexibility index (Phi) is 5.31. The molecule has 0 spiro atoms. The third-order valence-electron chi connectivity index (χ3n) is 5.40. The summed E-state index contributed by atoms with van der Waals surface area (Å²) in [4.78, 5) is 18.4. The molecule has 1 aromatic heterocycles. The van der Waals surface area contributed by atoms with E-state index < -0.39 is 0 Å². The highest BCUT2D eigenvalue weighted by Crippen LogP contribution is 2.31. The lowest BCUT2D eigenvalue weighted by molar-refractivity contribution is 0.102. The van der Waals surface area contributed by atoms with Gasteiger partial charge in [-0.15, -0.1) is 0 Å². The number of hydrogen-bond donors (Lipinski definition) is 1. The Bertz CT molecular complexity index is 1250. The van der Waals surface area contributed by atoms with Crippen molar-refractivity contribution in [2.75, 3.05) is 5.32 Å². The molecule has 4 aromatic rings. The first-order valence-electron chi connectivity index (χ1n) is 9.89. The van der Waals surface area contributed by atoms with Gasteiger partial charge in [0.05, 0.1) is 16.8 Å². The lowest BCUT2D eigenvalue weighted by atomic mass is 9.96. The van der Waals surface area contributed by atoms with E-state index in [-0.39, 0.29) is 5.91 Å². The minimum atomic E-state index is -0.128. The van der Waals surface area contributed by atoms with Crippen LogP contribution in [0, 0.1) is 27.7 Å². The smallest absolute Gasteiger partial charge is 0.256 e. The summed E-state index contributed by atoms with van der Waals surface area (Å²) < 4.78 is 0. The molecule has 1 amide bonds. The maximum absolute atomic E-state index is 13.5. The summed E-state index contributed by atoms with van der Waals surface area (Å²) in [7, 11) is 0. The number of para-hydroxylation sites is 1. The van der Waals surface area contributed by atoms with Gasteiger partial charge < -0.3 is 5.32 Å². The Balaban J connectivity index is 1.88. The summed E-state index contributed by atoms with van der Waals surface area (Å²) in [6.07, 6.45) is 0. The van der Waals surface area contributed by atoms with Gasteiger partial charge in [0, 0.05) is 21.7 Å². The maximum atomic E-state index is 13.5. The third-order valence-corrected chi connectivity index (χ3v) is 5.65. The molecule has 30 heavy (non-hydrogen) atoms. The van der Waals surface area contributed by atoms with Crippen molar-refractivity contribution in [2.24, 2.45) is 0 Å². The van der Waals surface area contributed by atoms with Gasteiger partial charge in [0.15, 0.2) is 0 Å². The van der Waals surface area contributed by atoms with Crippen LogP contribution in [0.15, 0.2) is 60.7 Å². The molecule has 0 aliphatic carbocycles. The second kappa shape index (κ2) is 7.92. The molecule has 0 bridgehead atoms. The van der Waals surface area contributed by atoms with Gasteiger partial charge in [-0.05, 0) is 62.6 Å². The molecule has 150 valence electrons. The standard InChI is InChI=1S/C26H23ClN2O/c1-15-13-16(2)24(17(3)14-15)29-26(30)23-18(4)25(19-9-11-20(27)12-10-19)28-22-8-6-5-7-21(22)23/h5-14H,1-4H3,(H,29,30). The molecule has 0 aliphatic rings. The van der Waals surface area contributed by atoms with E-state index in [0.29, 0.717) is 10.6 Å². The predicted octanol–water partition coefficient (Wildman–Crippen LogP) is 7.04. The van der Waals surface area contributed by atoms with Gasteiger partial charge in [-0.1, -0.05) is 59.6 Å². The van der Waals surface area contributed by atoms with Crippen LogP contribution in [0.2, 0.25) is 5.02 Å². The Morgan fingerprint density at radius 3 is 2.20 bits per heavy atom. The number of nitrogens with zero attached hydrogens (tertiary/aromatic N) is 1. The number of aryl methyl sites for hydroxylation is 3. The van der Waals surface area contributed by atoms with Crippen LogP contribution < -0.4 is 5.32 Å². The van der Waals surface area contributed by atoms with E-state index in [1.54, 1.807) is 0 Å². The molecule has 0 aliphatic heterocycles. The first-order valence-corrected chi connectivity index (χ1v) is 10.3. The molecular weight excluding hydrogens is 392 g/mol. The zero-order valence-electron chi connectivity index (χ0n) is 17.5. The zero-order chi connectivity index (χ0) is 21.4. The predicted molar refractivity (Wildman–Crippen MR) is 126 cm³/mol. The number of rotatable bonds is 3. The Labute approximate surface area is 181 Å². The molecule has 4 heteroatoms. The number of amides is 1. The highest BCUT2D eigenvalue weighted by molar-refractivity contribution is 6.30. The minimum absolute atomic E-state index is 0.128. The van der Waals surface area contributed by atoms with Crippen LogP contribution in [0.25, 0.3) is 22.2 Å². The quantitative estimate of drug-likeness (QED) is 0.390. The van der Waals surface area contributed by atoms with Crippen LogP contribution in [-0.2, 0) is 0 Å². The topological polar surface area (TPSA) is 42.0 Å². The maximum Gasteiger partial charge on any atom is 0.256 e. The average molecular weight is 415 g/mol. The summed E-state index contributed by atoms with van der Waals surface area (Å²) in [6, 6.07) is 19.5. The fourth-order valence-corrected chi connectivity index (χ4v) is 4.17. The Morgan fingerprint density at radius 2 is 1.53 bits per heavy atom. The van der Waals surface area contributed by atoms with Crippen molar-refractivity contribution in [1.29, 1.82) is 0 Å². The first kappa shape index (κ1) is 20.1. The molecule has 3 aromatic carbocycles. The van der Waals surface area contributed by atoms with Gasteiger partial charge in [-0.25, -0.2) is 4.98 Å². The SMILES string of the molecule is Cc1cc(C)c(NC(=O)c2c(C)c(-c3ccc(Cl)cc3)nc3ccccc23)c(C)c1. The summed E-state index contributed by atoms with van der Waals surface area (Å²) in [5.41, 5.74) is 8.13. The van der Waals surface area contributed by atoms with Crippen LogP contribution in [0.5, 0.6) is 0 Å². The number of hydrogen-bond acceptors (Lipinski definition) is 2. The average Bonchev–Trinajstić information content (AvgIpc) is 2.71. The Morgan fingerprint density at radius 1 is 0.900 bits per heavy atom. The number of halogens is 1. The number of aromatic nitrogens is 1. The third kappa shape index (κ3) is 3.69. The number of fused-ring (bicyclic) bond motifs is 1. The molecule has 1 N–H and O–H groups in total. The van der Waals surface area contributed by atoms with Crippen molar-refractivity contribution in [3.05, 3.63) is 93.5 Å². The van der Waals surface area contributed by atoms with Crippen LogP contribution in [0.3, 0.4) is 0 Å². The second-order valence-electron chi connectivity index (χ2n) is 7.71. The van der Waals surface area contributed by atoms with E-state index in [1.165, 1.54) is 5.56 Å². The Hall–Kier alpha value is -3.17. The van der Waals surface area contributed by atoms with Crippen molar-refractivity contribution in [3.8, 4) is 11.3 Å². The molecule has 0 unspecified atom stereocenters. The van der Waals surface area contributed by atoms with E-state index in [9.17, 15) is 4.79 Å². The van der Waals surface area contributed by atoms with Crippen molar-refractivity contribution >= 4 is 34.1 Å². The van der Waals surface area contributed by atoms with Gasteiger partial charge in [0.2, 0.25) is 0 Å². The number of carbonyl (C=O) groups excluding carboxylic acids is 1. The lowest BCUT2D eigenvalue weighted by Gasteiger charge is -2.17. The fraction of sp³-hybridized carbons (Fsp3) is 0.154. The normalized spacial score (nSPS) is 11.0. The summed E-state index contributed by atoms with van der Waals surface area (Å²) in [5.74, 6) is -0.128. The van der Waals surface area contributed by atoms with E-state index in [4.69, 9.17) is 16.6 Å². The molecule has 4 rings (SSSR count). The highest BCUT2D eigenvalue weighted by Gasteiger charge is 2.20. The monoisotopic (exact) mass is 414 g/mol. The van der Waals surface area contributed by atoms with Gasteiger partial charge in [0.1, 0.15) is 0 Å². The van der Waals surface area contributed by atoms with E-state index in [1.807, 2.05) is 69.3 Å². The largest absolute Gasteiger partial charge is 0.321 e. The summed E-state index contributed by atoms with van der Waals surface area (Å²) in [6.45, 7) is 8.05. The van der Waals surface area contributed by atoms with E-state index in [0.717, 1.165) is 44.5 Å². The number of pyridine rings is 1. The molecule has 0 radical (unpaired) electrons. The molecule has 0 saturated heterocycles. The summed E-state index contributed by atoms with van der Waals surface area (Å²) in [5, 5.41) is 4.66. The molecular formula is C26H23ClN2O. The summed E-state index contributed by atoms with van der Waals surface area (Å²) >= 11 is 6.06. The number of anilines is 1. The van der Waals surface area contributed by atoms with Crippen molar-refractivity contribution < 1.29 is 4.79 Å². The van der Waals surface area contributed by atoms with Crippen LogP contribution >= 0.6 is 11.6 Å². The molecule has 1 heterocycles. The second-order valence-corrected chi connectivity index (χ2v) is 8.15. The van der Waals surface area contributed by atoms with Crippen molar-refractivity contribution in [1.82, 2.24) is 4.98 Å². The van der Waals surface area contributed by atoms with Gasteiger partial charge in [-0.2, -0.15) is 0 Å². The minimum Gasteiger partial charge on any atom is -0.321 e. The van der Waals surface area contributed by atoms with Gasteiger partial charge >= 0.3 is 0 Å². The lowest BCUT2D eigenvalue weighted by Crippen LogP contribution is -2.17. The van der Waals surface area contributed by atoms with Gasteiger partial charge in [-0.3, -0.25) is 4.79 Å². The number of benzene rings is 3. The number of nitrogens with one attached hydrogen (secondary N) is 1. The zero-order valence-corrected chi connectivity index (χ0v) is 18.3. The molecule has 0 atom stereocenters. The molecule has 0 saturated carbocycles. The molecule has 0 fully saturated rings. The molecule has 3 nitrogen and oxygen atoms in total. The van der Waals surface area contributed by atoms with Crippen LogP contribution in [0.1, 0.15) is 32.6 Å². The van der Waals surface area contributed by atoms with E-state index in [2.05, 4.69) is 24.4 Å². The van der Waals surface area contributed by atoms with E-state index >= 15 is 0 Å².